The Morgan fingerprint density at radius 3 is 2.77 bits per heavy atom. The van der Waals surface area contributed by atoms with Crippen LogP contribution in [0.4, 0.5) is 5.69 Å². The summed E-state index contributed by atoms with van der Waals surface area (Å²) in [6.07, 6.45) is -0.667. The van der Waals surface area contributed by atoms with Crippen molar-refractivity contribution in [2.24, 2.45) is 4.99 Å². The van der Waals surface area contributed by atoms with Gasteiger partial charge in [0.25, 0.3) is 0 Å². The quantitative estimate of drug-likeness (QED) is 0.715. The van der Waals surface area contributed by atoms with Crippen LogP contribution in [0.25, 0.3) is 0 Å². The van der Waals surface area contributed by atoms with Gasteiger partial charge in [0, 0.05) is 28.4 Å². The third-order valence-corrected chi connectivity index (χ3v) is 7.95. The number of rotatable bonds is 4. The highest BCUT2D eigenvalue weighted by molar-refractivity contribution is 8.16. The summed E-state index contributed by atoms with van der Waals surface area (Å²) in [4.78, 5) is 28.3. The van der Waals surface area contributed by atoms with E-state index in [-0.39, 0.29) is 29.2 Å². The Hall–Kier alpha value is -1.58. The fraction of sp³-hybridized carbons (Fsp3) is 0.438. The topological polar surface area (TPSA) is 107 Å². The van der Waals surface area contributed by atoms with Gasteiger partial charge in [-0.1, -0.05) is 29.4 Å². The molecule has 2 fully saturated rings. The fourth-order valence-corrected chi connectivity index (χ4v) is 7.17. The van der Waals surface area contributed by atoms with Gasteiger partial charge in [0.05, 0.1) is 17.5 Å². The average Bonchev–Trinajstić information content (AvgIpc) is 2.99. The molecule has 2 atom stereocenters. The number of carboxylic acid groups (broad SMARTS) is 1. The minimum atomic E-state index is -3.16. The molecule has 0 unspecified atom stereocenters. The first-order chi connectivity index (χ1) is 12.2. The number of amidine groups is 1. The standard InChI is InChI=1S/C16H17ClN2O5S2/c1-9-10(17)3-2-4-11(9)19-12-7-26(23,24)8-13(12)25-16(19)18-14(20)5-6-15(21)22/h2-4,12-13H,5-8H2,1H3,(H,21,22)/p-1/t12-,13+/m1/s1. The molecular formula is C16H16ClN2O5S2-. The maximum Gasteiger partial charge on any atom is 0.248 e. The monoisotopic (exact) mass is 415 g/mol. The number of hydrogen-bond acceptors (Lipinski definition) is 6. The first-order valence-corrected chi connectivity index (χ1v) is 11.0. The van der Waals surface area contributed by atoms with Crippen LogP contribution in [0.3, 0.4) is 0 Å². The maximum atomic E-state index is 12.0. The van der Waals surface area contributed by atoms with E-state index in [2.05, 4.69) is 4.99 Å². The number of aliphatic imine (C=N–C) groups is 1. The first kappa shape index (κ1) is 19.2. The van der Waals surface area contributed by atoms with Crippen molar-refractivity contribution in [1.29, 1.82) is 0 Å². The van der Waals surface area contributed by atoms with Crippen LogP contribution in [0.15, 0.2) is 23.2 Å². The van der Waals surface area contributed by atoms with Gasteiger partial charge in [-0.2, -0.15) is 4.99 Å². The van der Waals surface area contributed by atoms with Gasteiger partial charge in [0.1, 0.15) is 0 Å². The molecule has 2 aliphatic heterocycles. The Morgan fingerprint density at radius 1 is 1.35 bits per heavy atom. The van der Waals surface area contributed by atoms with Gasteiger partial charge in [-0.3, -0.25) is 4.79 Å². The molecule has 0 radical (unpaired) electrons. The van der Waals surface area contributed by atoms with E-state index >= 15 is 0 Å². The summed E-state index contributed by atoms with van der Waals surface area (Å²) in [6, 6.07) is 4.95. The highest BCUT2D eigenvalue weighted by atomic mass is 35.5. The molecule has 2 saturated heterocycles. The maximum absolute atomic E-state index is 12.0. The molecule has 1 aromatic carbocycles. The normalized spacial score (nSPS) is 25.5. The zero-order chi connectivity index (χ0) is 19.1. The Balaban J connectivity index is 1.97. The van der Waals surface area contributed by atoms with Crippen molar-refractivity contribution in [1.82, 2.24) is 0 Å². The highest BCUT2D eigenvalue weighted by Crippen LogP contribution is 2.42. The van der Waals surface area contributed by atoms with Crippen molar-refractivity contribution in [3.8, 4) is 0 Å². The number of hydrogen-bond donors (Lipinski definition) is 0. The molecule has 0 N–H and O–H groups in total. The number of halogens is 1. The van der Waals surface area contributed by atoms with Crippen LogP contribution in [-0.4, -0.2) is 48.3 Å². The number of benzene rings is 1. The third-order valence-electron chi connectivity index (χ3n) is 4.33. The average molecular weight is 416 g/mol. The van der Waals surface area contributed by atoms with Crippen LogP contribution in [0.5, 0.6) is 0 Å². The van der Waals surface area contributed by atoms with Crippen molar-refractivity contribution in [3.05, 3.63) is 28.8 Å². The molecule has 10 heteroatoms. The van der Waals surface area contributed by atoms with Crippen LogP contribution < -0.4 is 10.0 Å². The van der Waals surface area contributed by atoms with E-state index in [1.54, 1.807) is 23.1 Å². The van der Waals surface area contributed by atoms with Crippen LogP contribution in [0.2, 0.25) is 5.02 Å². The summed E-state index contributed by atoms with van der Waals surface area (Å²) in [6.45, 7) is 1.81. The summed E-state index contributed by atoms with van der Waals surface area (Å²) < 4.78 is 24.1. The van der Waals surface area contributed by atoms with Gasteiger partial charge in [0.2, 0.25) is 5.91 Å². The Morgan fingerprint density at radius 2 is 2.08 bits per heavy atom. The Bertz CT molecular complexity index is 900. The molecule has 2 aliphatic rings. The number of aliphatic carboxylic acids is 1. The number of sulfone groups is 1. The first-order valence-electron chi connectivity index (χ1n) is 7.91. The lowest BCUT2D eigenvalue weighted by Crippen LogP contribution is -2.38. The number of fused-ring (bicyclic) bond motifs is 1. The largest absolute Gasteiger partial charge is 0.550 e. The second kappa shape index (κ2) is 7.21. The fourth-order valence-electron chi connectivity index (χ4n) is 3.07. The Labute approximate surface area is 160 Å². The summed E-state index contributed by atoms with van der Waals surface area (Å²) >= 11 is 7.43. The molecule has 0 aliphatic carbocycles. The number of thioether (sulfide) groups is 1. The van der Waals surface area contributed by atoms with E-state index in [9.17, 15) is 23.1 Å². The van der Waals surface area contributed by atoms with Gasteiger partial charge in [-0.15, -0.1) is 0 Å². The van der Waals surface area contributed by atoms with Gasteiger partial charge < -0.3 is 14.8 Å². The second-order valence-electron chi connectivity index (χ2n) is 6.21. The molecular weight excluding hydrogens is 400 g/mol. The molecule has 0 bridgehead atoms. The number of carbonyl (C=O) groups is 2. The van der Waals surface area contributed by atoms with Crippen LogP contribution in [0, 0.1) is 6.92 Å². The molecule has 1 aromatic rings. The Kier molecular flexibility index (Phi) is 5.32. The van der Waals surface area contributed by atoms with E-state index in [4.69, 9.17) is 11.6 Å². The summed E-state index contributed by atoms with van der Waals surface area (Å²) in [5.41, 5.74) is 1.45. The SMILES string of the molecule is Cc1c(Cl)cccc1N1C(=NC(=O)CCC(=O)[O-])S[C@H]2CS(=O)(=O)C[C@H]21. The van der Waals surface area contributed by atoms with E-state index < -0.39 is 28.1 Å². The van der Waals surface area contributed by atoms with Gasteiger partial charge in [-0.25, -0.2) is 8.42 Å². The predicted molar refractivity (Wildman–Crippen MR) is 99.2 cm³/mol. The lowest BCUT2D eigenvalue weighted by Gasteiger charge is -2.26. The summed E-state index contributed by atoms with van der Waals surface area (Å²) in [7, 11) is -3.16. The lowest BCUT2D eigenvalue weighted by molar-refractivity contribution is -0.305. The molecule has 2 heterocycles. The van der Waals surface area contributed by atoms with E-state index in [1.807, 2.05) is 6.92 Å². The smallest absolute Gasteiger partial charge is 0.248 e. The van der Waals surface area contributed by atoms with Crippen molar-refractivity contribution in [2.45, 2.75) is 31.1 Å². The van der Waals surface area contributed by atoms with Crippen molar-refractivity contribution >= 4 is 55.9 Å². The molecule has 0 saturated carbocycles. The second-order valence-corrected chi connectivity index (χ2v) is 9.98. The zero-order valence-corrected chi connectivity index (χ0v) is 16.2. The minimum Gasteiger partial charge on any atom is -0.550 e. The van der Waals surface area contributed by atoms with Crippen molar-refractivity contribution in [2.75, 3.05) is 16.4 Å². The molecule has 0 spiro atoms. The van der Waals surface area contributed by atoms with E-state index in [0.29, 0.717) is 15.9 Å². The lowest BCUT2D eigenvalue weighted by atomic mass is 10.1. The number of anilines is 1. The summed E-state index contributed by atoms with van der Waals surface area (Å²) in [5, 5.41) is 11.2. The van der Waals surface area contributed by atoms with Crippen LogP contribution in [-0.2, 0) is 19.4 Å². The molecule has 26 heavy (non-hydrogen) atoms. The van der Waals surface area contributed by atoms with Crippen molar-refractivity contribution < 1.29 is 23.1 Å². The zero-order valence-electron chi connectivity index (χ0n) is 13.8. The molecule has 3 rings (SSSR count). The van der Waals surface area contributed by atoms with Crippen LogP contribution >= 0.6 is 23.4 Å². The van der Waals surface area contributed by atoms with Gasteiger partial charge in [0.15, 0.2) is 15.0 Å². The number of carboxylic acids is 1. The predicted octanol–water partition coefficient (Wildman–Crippen LogP) is 0.780. The van der Waals surface area contributed by atoms with Crippen LogP contribution in [0.1, 0.15) is 18.4 Å². The molecule has 0 aromatic heterocycles. The minimum absolute atomic E-state index is 0.0186. The molecule has 140 valence electrons. The number of carbonyl (C=O) groups excluding carboxylic acids is 2. The number of nitrogens with zero attached hydrogens (tertiary/aromatic N) is 2. The summed E-state index contributed by atoms with van der Waals surface area (Å²) in [5.74, 6) is -1.90. The highest BCUT2D eigenvalue weighted by Gasteiger charge is 2.49. The molecule has 1 amide bonds. The van der Waals surface area contributed by atoms with E-state index in [0.717, 1.165) is 5.56 Å². The van der Waals surface area contributed by atoms with E-state index in [1.165, 1.54) is 11.8 Å². The third kappa shape index (κ3) is 3.89. The van der Waals surface area contributed by atoms with Gasteiger partial charge >= 0.3 is 0 Å². The number of amides is 1. The van der Waals surface area contributed by atoms with Gasteiger partial charge in [-0.05, 0) is 31.0 Å². The van der Waals surface area contributed by atoms with Crippen molar-refractivity contribution in [3.63, 3.8) is 0 Å². The molecule has 7 nitrogen and oxygen atoms in total.